The fraction of sp³-hybridized carbons (Fsp3) is 0.500. The molecule has 1 aliphatic carbocycles. The molecule has 0 aliphatic heterocycles. The van der Waals surface area contributed by atoms with Crippen LogP contribution >= 0.6 is 0 Å². The van der Waals surface area contributed by atoms with Crippen LogP contribution in [0.25, 0.3) is 0 Å². The van der Waals surface area contributed by atoms with Crippen LogP contribution in [0.5, 0.6) is 0 Å². The molecular weight excluding hydrogens is 262 g/mol. The minimum absolute atomic E-state index is 0.0865. The summed E-state index contributed by atoms with van der Waals surface area (Å²) >= 11 is 0. The number of amides is 1. The van der Waals surface area contributed by atoms with E-state index in [1.54, 1.807) is 0 Å². The molecule has 0 unspecified atom stereocenters. The maximum absolute atomic E-state index is 12.2. The first-order chi connectivity index (χ1) is 10.2. The van der Waals surface area contributed by atoms with E-state index in [2.05, 4.69) is 24.1 Å². The van der Waals surface area contributed by atoms with Crippen LogP contribution in [0.2, 0.25) is 0 Å². The summed E-state index contributed by atoms with van der Waals surface area (Å²) in [7, 11) is 0. The van der Waals surface area contributed by atoms with Crippen molar-refractivity contribution >= 4 is 11.6 Å². The highest BCUT2D eigenvalue weighted by molar-refractivity contribution is 5.93. The topological polar surface area (TPSA) is 49.3 Å². The Labute approximate surface area is 126 Å². The van der Waals surface area contributed by atoms with Gasteiger partial charge in [-0.2, -0.15) is 0 Å². The number of anilines is 1. The van der Waals surface area contributed by atoms with Gasteiger partial charge in [0.1, 0.15) is 0 Å². The summed E-state index contributed by atoms with van der Waals surface area (Å²) < 4.78 is 0. The van der Waals surface area contributed by atoms with Crippen molar-refractivity contribution in [3.05, 3.63) is 29.3 Å². The van der Waals surface area contributed by atoms with Crippen LogP contribution in [0.1, 0.15) is 50.2 Å². The van der Waals surface area contributed by atoms with Crippen molar-refractivity contribution in [3.8, 4) is 11.8 Å². The molecule has 1 amide bonds. The standard InChI is InChI=1S/C18H23NO2/c1-2-15-13-14(7-5-6-12-20)10-11-17(15)19-18(21)16-8-3-4-9-16/h10-11,13,16,20H,2-4,6,8-9,12H2,1H3,(H,19,21). The van der Waals surface area contributed by atoms with Gasteiger partial charge in [-0.25, -0.2) is 0 Å². The minimum atomic E-state index is 0.0865. The van der Waals surface area contributed by atoms with Crippen molar-refractivity contribution in [1.82, 2.24) is 0 Å². The van der Waals surface area contributed by atoms with E-state index in [1.165, 1.54) is 0 Å². The van der Waals surface area contributed by atoms with Crippen molar-refractivity contribution in [2.45, 2.75) is 45.4 Å². The van der Waals surface area contributed by atoms with Crippen molar-refractivity contribution in [3.63, 3.8) is 0 Å². The monoisotopic (exact) mass is 285 g/mol. The SMILES string of the molecule is CCc1cc(C#CCCO)ccc1NC(=O)C1CCCC1. The van der Waals surface area contributed by atoms with Crippen LogP contribution in [-0.4, -0.2) is 17.6 Å². The molecule has 1 aliphatic rings. The molecule has 0 heterocycles. The fourth-order valence-corrected chi connectivity index (χ4v) is 2.73. The van der Waals surface area contributed by atoms with Gasteiger partial charge in [-0.1, -0.05) is 31.6 Å². The predicted octanol–water partition coefficient (Wildman–Crippen LogP) is 3.11. The fourth-order valence-electron chi connectivity index (χ4n) is 2.73. The lowest BCUT2D eigenvalue weighted by molar-refractivity contribution is -0.119. The molecule has 0 spiro atoms. The van der Waals surface area contributed by atoms with Gasteiger partial charge >= 0.3 is 0 Å². The smallest absolute Gasteiger partial charge is 0.227 e. The zero-order valence-electron chi connectivity index (χ0n) is 12.6. The summed E-state index contributed by atoms with van der Waals surface area (Å²) in [5.74, 6) is 6.29. The number of carbonyl (C=O) groups excluding carboxylic acids is 1. The summed E-state index contributed by atoms with van der Waals surface area (Å²) in [6.45, 7) is 2.16. The first-order valence-corrected chi connectivity index (χ1v) is 7.78. The first kappa shape index (κ1) is 15.6. The third-order valence-electron chi connectivity index (χ3n) is 3.94. The van der Waals surface area contributed by atoms with Gasteiger partial charge in [-0.3, -0.25) is 4.79 Å². The van der Waals surface area contributed by atoms with Gasteiger partial charge in [0.05, 0.1) is 6.61 Å². The normalized spacial score (nSPS) is 14.6. The molecule has 1 saturated carbocycles. The number of hydrogen-bond donors (Lipinski definition) is 2. The van der Waals surface area contributed by atoms with E-state index in [-0.39, 0.29) is 18.4 Å². The number of aliphatic hydroxyl groups excluding tert-OH is 1. The number of hydrogen-bond acceptors (Lipinski definition) is 2. The van der Waals surface area contributed by atoms with E-state index in [0.29, 0.717) is 6.42 Å². The zero-order chi connectivity index (χ0) is 15.1. The van der Waals surface area contributed by atoms with Crippen LogP contribution in [0.3, 0.4) is 0 Å². The number of aryl methyl sites for hydroxylation is 1. The van der Waals surface area contributed by atoms with E-state index < -0.39 is 0 Å². The second-order valence-corrected chi connectivity index (χ2v) is 5.47. The van der Waals surface area contributed by atoms with Crippen LogP contribution in [0.15, 0.2) is 18.2 Å². The van der Waals surface area contributed by atoms with E-state index >= 15 is 0 Å². The number of aliphatic hydroxyl groups is 1. The molecule has 21 heavy (non-hydrogen) atoms. The second kappa shape index (κ2) is 7.85. The van der Waals surface area contributed by atoms with Gasteiger partial charge in [-0.05, 0) is 43.0 Å². The molecule has 112 valence electrons. The Morgan fingerprint density at radius 2 is 2.14 bits per heavy atom. The Morgan fingerprint density at radius 3 is 2.81 bits per heavy atom. The van der Waals surface area contributed by atoms with Crippen LogP contribution < -0.4 is 5.32 Å². The Hall–Kier alpha value is -1.79. The van der Waals surface area contributed by atoms with Crippen LogP contribution in [-0.2, 0) is 11.2 Å². The molecule has 0 aromatic heterocycles. The number of carbonyl (C=O) groups is 1. The summed E-state index contributed by atoms with van der Waals surface area (Å²) in [4.78, 5) is 12.2. The highest BCUT2D eigenvalue weighted by Crippen LogP contribution is 2.27. The van der Waals surface area contributed by atoms with Crippen molar-refractivity contribution < 1.29 is 9.90 Å². The molecule has 0 atom stereocenters. The van der Waals surface area contributed by atoms with Crippen molar-refractivity contribution in [2.24, 2.45) is 5.92 Å². The lowest BCUT2D eigenvalue weighted by atomic mass is 10.0. The molecule has 1 fully saturated rings. The Morgan fingerprint density at radius 1 is 1.38 bits per heavy atom. The molecular formula is C18H23NO2. The van der Waals surface area contributed by atoms with E-state index in [4.69, 9.17) is 5.11 Å². The molecule has 1 aromatic carbocycles. The highest BCUT2D eigenvalue weighted by Gasteiger charge is 2.23. The Kier molecular flexibility index (Phi) is 5.83. The lowest BCUT2D eigenvalue weighted by Gasteiger charge is -2.13. The molecule has 0 radical (unpaired) electrons. The zero-order valence-corrected chi connectivity index (χ0v) is 12.6. The molecule has 0 bridgehead atoms. The maximum Gasteiger partial charge on any atom is 0.227 e. The van der Waals surface area contributed by atoms with Crippen molar-refractivity contribution in [2.75, 3.05) is 11.9 Å². The molecule has 0 saturated heterocycles. The van der Waals surface area contributed by atoms with E-state index in [9.17, 15) is 4.79 Å². The molecule has 3 nitrogen and oxygen atoms in total. The quantitative estimate of drug-likeness (QED) is 0.835. The second-order valence-electron chi connectivity index (χ2n) is 5.47. The first-order valence-electron chi connectivity index (χ1n) is 7.78. The molecule has 2 N–H and O–H groups in total. The largest absolute Gasteiger partial charge is 0.395 e. The van der Waals surface area contributed by atoms with E-state index in [0.717, 1.165) is 48.9 Å². The molecule has 2 rings (SSSR count). The van der Waals surface area contributed by atoms with E-state index in [1.807, 2.05) is 18.2 Å². The number of benzene rings is 1. The average molecular weight is 285 g/mol. The van der Waals surface area contributed by atoms with Gasteiger partial charge in [-0.15, -0.1) is 0 Å². The average Bonchev–Trinajstić information content (AvgIpc) is 3.03. The van der Waals surface area contributed by atoms with Gasteiger partial charge < -0.3 is 10.4 Å². The summed E-state index contributed by atoms with van der Waals surface area (Å²) in [6.07, 6.45) is 5.70. The maximum atomic E-state index is 12.2. The summed E-state index contributed by atoms with van der Waals surface area (Å²) in [6, 6.07) is 5.89. The Balaban J connectivity index is 2.09. The third-order valence-corrected chi connectivity index (χ3v) is 3.94. The van der Waals surface area contributed by atoms with Crippen LogP contribution in [0.4, 0.5) is 5.69 Å². The third kappa shape index (κ3) is 4.34. The number of rotatable bonds is 4. The molecule has 1 aromatic rings. The van der Waals surface area contributed by atoms with Gasteiger partial charge in [0, 0.05) is 23.6 Å². The van der Waals surface area contributed by atoms with Crippen LogP contribution in [0, 0.1) is 17.8 Å². The summed E-state index contributed by atoms with van der Waals surface area (Å²) in [5, 5.41) is 11.8. The predicted molar refractivity (Wildman–Crippen MR) is 85.0 cm³/mol. The Bertz CT molecular complexity index is 548. The van der Waals surface area contributed by atoms with Gasteiger partial charge in [0.15, 0.2) is 0 Å². The minimum Gasteiger partial charge on any atom is -0.395 e. The lowest BCUT2D eigenvalue weighted by Crippen LogP contribution is -2.21. The van der Waals surface area contributed by atoms with Gasteiger partial charge in [0.25, 0.3) is 0 Å². The van der Waals surface area contributed by atoms with Gasteiger partial charge in [0.2, 0.25) is 5.91 Å². The molecule has 3 heteroatoms. The highest BCUT2D eigenvalue weighted by atomic mass is 16.2. The summed E-state index contributed by atoms with van der Waals surface area (Å²) in [5.41, 5.74) is 2.94. The number of nitrogens with one attached hydrogen (secondary N) is 1. The van der Waals surface area contributed by atoms with Crippen molar-refractivity contribution in [1.29, 1.82) is 0 Å².